The van der Waals surface area contributed by atoms with Gasteiger partial charge in [0.15, 0.2) is 0 Å². The van der Waals surface area contributed by atoms with Crippen molar-refractivity contribution < 1.29 is 4.79 Å². The minimum absolute atomic E-state index is 0.0972. The topological polar surface area (TPSA) is 75.9 Å². The van der Waals surface area contributed by atoms with Crippen LogP contribution in [0, 0.1) is 0 Å². The van der Waals surface area contributed by atoms with E-state index in [4.69, 9.17) is 0 Å². The number of fused-ring (bicyclic) bond motifs is 1. The maximum absolute atomic E-state index is 12.5. The molecule has 0 saturated carbocycles. The molecule has 2 heterocycles. The Balaban J connectivity index is 1.38. The Labute approximate surface area is 151 Å². The van der Waals surface area contributed by atoms with Crippen molar-refractivity contribution in [2.75, 3.05) is 18.0 Å². The molecule has 0 aliphatic carbocycles. The molecule has 0 radical (unpaired) electrons. The lowest BCUT2D eigenvalue weighted by atomic mass is 10.1. The zero-order valence-electron chi connectivity index (χ0n) is 14.5. The third-order valence-corrected chi connectivity index (χ3v) is 4.71. The number of hydrogen-bond acceptors (Lipinski definition) is 5. The second kappa shape index (κ2) is 6.95. The van der Waals surface area contributed by atoms with Crippen molar-refractivity contribution in [2.24, 2.45) is 0 Å². The van der Waals surface area contributed by atoms with Gasteiger partial charge in [-0.1, -0.05) is 24.3 Å². The van der Waals surface area contributed by atoms with Gasteiger partial charge in [-0.3, -0.25) is 4.79 Å². The Morgan fingerprint density at radius 3 is 2.96 bits per heavy atom. The van der Waals surface area contributed by atoms with Crippen LogP contribution in [-0.2, 0) is 6.42 Å². The summed E-state index contributed by atoms with van der Waals surface area (Å²) < 4.78 is 1.53. The van der Waals surface area contributed by atoms with E-state index in [2.05, 4.69) is 56.9 Å². The molecule has 1 unspecified atom stereocenters. The number of carbonyl (C=O) groups is 1. The minimum atomic E-state index is -0.0972. The summed E-state index contributed by atoms with van der Waals surface area (Å²) in [4.78, 5) is 14.8. The minimum Gasteiger partial charge on any atom is -0.367 e. The van der Waals surface area contributed by atoms with Gasteiger partial charge < -0.3 is 10.2 Å². The average molecular weight is 348 g/mol. The van der Waals surface area contributed by atoms with E-state index in [1.54, 1.807) is 12.1 Å². The summed E-state index contributed by atoms with van der Waals surface area (Å²) in [6.07, 6.45) is 2.56. The number of carbonyl (C=O) groups excluding carboxylic acids is 1. The lowest BCUT2D eigenvalue weighted by molar-refractivity contribution is 0.0954. The molecule has 0 spiro atoms. The van der Waals surface area contributed by atoms with Gasteiger partial charge in [0.05, 0.1) is 5.69 Å². The van der Waals surface area contributed by atoms with Crippen molar-refractivity contribution in [3.8, 4) is 5.69 Å². The number of rotatable bonds is 5. The van der Waals surface area contributed by atoms with Crippen LogP contribution in [0.4, 0.5) is 5.69 Å². The molecule has 1 aliphatic heterocycles. The fourth-order valence-corrected chi connectivity index (χ4v) is 3.43. The lowest BCUT2D eigenvalue weighted by Crippen LogP contribution is -2.37. The highest BCUT2D eigenvalue weighted by atomic mass is 16.1. The van der Waals surface area contributed by atoms with Crippen molar-refractivity contribution in [1.29, 1.82) is 0 Å². The van der Waals surface area contributed by atoms with Gasteiger partial charge in [-0.25, -0.2) is 4.68 Å². The Morgan fingerprint density at radius 2 is 2.12 bits per heavy atom. The van der Waals surface area contributed by atoms with Crippen LogP contribution in [0.25, 0.3) is 5.69 Å². The van der Waals surface area contributed by atoms with Crippen molar-refractivity contribution in [1.82, 2.24) is 25.5 Å². The zero-order valence-corrected chi connectivity index (χ0v) is 14.5. The third kappa shape index (κ3) is 3.15. The fourth-order valence-electron chi connectivity index (χ4n) is 3.43. The molecule has 7 nitrogen and oxygen atoms in total. The molecule has 0 fully saturated rings. The second-order valence-electron chi connectivity index (χ2n) is 6.44. The number of tetrazole rings is 1. The number of hydrogen-bond donors (Lipinski definition) is 1. The van der Waals surface area contributed by atoms with Gasteiger partial charge in [-0.2, -0.15) is 0 Å². The monoisotopic (exact) mass is 348 g/mol. The Hall–Kier alpha value is -3.22. The molecule has 1 N–H and O–H groups in total. The smallest absolute Gasteiger partial charge is 0.251 e. The number of nitrogens with one attached hydrogen (secondary N) is 1. The molecule has 3 aromatic rings. The SMILES string of the molecule is CC1Cc2ccccc2N1CCNC(=O)c1cccc(-n2cnnn2)c1. The van der Waals surface area contributed by atoms with E-state index in [1.165, 1.54) is 22.3 Å². The van der Waals surface area contributed by atoms with Gasteiger partial charge in [0.1, 0.15) is 6.33 Å². The molecule has 2 aromatic carbocycles. The highest BCUT2D eigenvalue weighted by Crippen LogP contribution is 2.31. The van der Waals surface area contributed by atoms with Gasteiger partial charge in [-0.15, -0.1) is 5.10 Å². The number of para-hydroxylation sites is 1. The summed E-state index contributed by atoms with van der Waals surface area (Å²) in [5.41, 5.74) is 3.99. The van der Waals surface area contributed by atoms with E-state index in [9.17, 15) is 4.79 Å². The second-order valence-corrected chi connectivity index (χ2v) is 6.44. The summed E-state index contributed by atoms with van der Waals surface area (Å²) >= 11 is 0. The Bertz CT molecular complexity index is 908. The van der Waals surface area contributed by atoms with E-state index in [0.717, 1.165) is 18.7 Å². The first-order valence-electron chi connectivity index (χ1n) is 8.68. The summed E-state index contributed by atoms with van der Waals surface area (Å²) in [5.74, 6) is -0.0972. The van der Waals surface area contributed by atoms with Gasteiger partial charge >= 0.3 is 0 Å². The van der Waals surface area contributed by atoms with Crippen LogP contribution >= 0.6 is 0 Å². The van der Waals surface area contributed by atoms with Gasteiger partial charge in [-0.05, 0) is 53.6 Å². The van der Waals surface area contributed by atoms with Crippen LogP contribution in [-0.4, -0.2) is 45.2 Å². The molecule has 26 heavy (non-hydrogen) atoms. The number of benzene rings is 2. The van der Waals surface area contributed by atoms with Crippen molar-refractivity contribution in [3.63, 3.8) is 0 Å². The highest BCUT2D eigenvalue weighted by molar-refractivity contribution is 5.94. The molecular weight excluding hydrogens is 328 g/mol. The normalized spacial score (nSPS) is 15.7. The first-order valence-corrected chi connectivity index (χ1v) is 8.68. The van der Waals surface area contributed by atoms with E-state index in [1.807, 2.05) is 12.1 Å². The van der Waals surface area contributed by atoms with E-state index in [0.29, 0.717) is 18.2 Å². The summed E-state index contributed by atoms with van der Waals surface area (Å²) in [6.45, 7) is 3.60. The maximum Gasteiger partial charge on any atom is 0.251 e. The van der Waals surface area contributed by atoms with Crippen LogP contribution in [0.3, 0.4) is 0 Å². The molecule has 4 rings (SSSR count). The number of anilines is 1. The molecule has 1 aliphatic rings. The predicted octanol–water partition coefficient (Wildman–Crippen LogP) is 1.84. The fraction of sp³-hybridized carbons (Fsp3) is 0.263. The molecule has 1 amide bonds. The number of nitrogens with zero attached hydrogens (tertiary/aromatic N) is 5. The molecule has 0 bridgehead atoms. The summed E-state index contributed by atoms with van der Waals surface area (Å²) in [5, 5.41) is 14.1. The molecular formula is C19H20N6O. The molecule has 1 aromatic heterocycles. The Morgan fingerprint density at radius 1 is 1.23 bits per heavy atom. The number of aromatic nitrogens is 4. The highest BCUT2D eigenvalue weighted by Gasteiger charge is 2.24. The maximum atomic E-state index is 12.5. The van der Waals surface area contributed by atoms with Crippen molar-refractivity contribution in [2.45, 2.75) is 19.4 Å². The average Bonchev–Trinajstić information content (AvgIpc) is 3.30. The van der Waals surface area contributed by atoms with Crippen LogP contribution in [0.5, 0.6) is 0 Å². The van der Waals surface area contributed by atoms with Gasteiger partial charge in [0.25, 0.3) is 5.91 Å². The predicted molar refractivity (Wildman–Crippen MR) is 98.4 cm³/mol. The van der Waals surface area contributed by atoms with Crippen LogP contribution in [0.15, 0.2) is 54.9 Å². The molecule has 0 saturated heterocycles. The van der Waals surface area contributed by atoms with Crippen LogP contribution < -0.4 is 10.2 Å². The van der Waals surface area contributed by atoms with Gasteiger partial charge in [0, 0.05) is 30.4 Å². The van der Waals surface area contributed by atoms with Crippen LogP contribution in [0.2, 0.25) is 0 Å². The number of amides is 1. The zero-order chi connectivity index (χ0) is 17.9. The van der Waals surface area contributed by atoms with Crippen LogP contribution in [0.1, 0.15) is 22.8 Å². The largest absolute Gasteiger partial charge is 0.367 e. The van der Waals surface area contributed by atoms with E-state index in [-0.39, 0.29) is 5.91 Å². The first-order chi connectivity index (χ1) is 12.7. The summed E-state index contributed by atoms with van der Waals surface area (Å²) in [7, 11) is 0. The third-order valence-electron chi connectivity index (χ3n) is 4.71. The van der Waals surface area contributed by atoms with E-state index < -0.39 is 0 Å². The summed E-state index contributed by atoms with van der Waals surface area (Å²) in [6, 6.07) is 16.2. The molecule has 7 heteroatoms. The lowest BCUT2D eigenvalue weighted by Gasteiger charge is -2.25. The quantitative estimate of drug-likeness (QED) is 0.761. The van der Waals surface area contributed by atoms with Crippen molar-refractivity contribution >= 4 is 11.6 Å². The molecule has 1 atom stereocenters. The molecule has 132 valence electrons. The van der Waals surface area contributed by atoms with E-state index >= 15 is 0 Å². The van der Waals surface area contributed by atoms with Crippen molar-refractivity contribution in [3.05, 3.63) is 66.0 Å². The first kappa shape index (κ1) is 16.3. The van der Waals surface area contributed by atoms with Gasteiger partial charge in [0.2, 0.25) is 0 Å². The standard InChI is InChI=1S/C19H20N6O/c1-14-11-15-5-2-3-8-18(15)24(14)10-9-20-19(26)16-6-4-7-17(12-16)25-13-21-22-23-25/h2-8,12-14H,9-11H2,1H3,(H,20,26). The Kier molecular flexibility index (Phi) is 4.35.